The van der Waals surface area contributed by atoms with Crippen LogP contribution in [0, 0.1) is 0 Å². The highest BCUT2D eigenvalue weighted by Gasteiger charge is 2.37. The number of carbonyl (C=O) groups excluding carboxylic acids is 3. The zero-order chi connectivity index (χ0) is 37.7. The SMILES string of the molecule is CCNC(=O)NC=C1C=CC(c2cc(-c3nc(-c4ccc(S(=O)(=O)C(C)C)cc4)cnc3N(C(=O)OC(C)(C)C)C(=O)OC(C)(C)C)on2)=CC1. The number of hydrogen-bond acceptors (Lipinski definition) is 11. The van der Waals surface area contributed by atoms with Gasteiger partial charge in [0.25, 0.3) is 0 Å². The Kier molecular flexibility index (Phi) is 11.5. The number of ether oxygens (including phenoxy) is 2. The Hall–Kier alpha value is -5.31. The van der Waals surface area contributed by atoms with Gasteiger partial charge >= 0.3 is 18.2 Å². The topological polar surface area (TPSA) is 183 Å². The average Bonchev–Trinajstić information content (AvgIpc) is 3.53. The third-order valence-corrected chi connectivity index (χ3v) is 9.19. The summed E-state index contributed by atoms with van der Waals surface area (Å²) in [7, 11) is -3.52. The van der Waals surface area contributed by atoms with Gasteiger partial charge in [0.15, 0.2) is 27.1 Å². The fourth-order valence-corrected chi connectivity index (χ4v) is 5.61. The third kappa shape index (κ3) is 9.90. The lowest BCUT2D eigenvalue weighted by Gasteiger charge is -2.28. The van der Waals surface area contributed by atoms with Crippen molar-refractivity contribution >= 4 is 39.4 Å². The van der Waals surface area contributed by atoms with Gasteiger partial charge in [0.1, 0.15) is 16.9 Å². The lowest BCUT2D eigenvalue weighted by molar-refractivity contribution is 0.0429. The van der Waals surface area contributed by atoms with Crippen LogP contribution in [-0.4, -0.2) is 64.8 Å². The smallest absolute Gasteiger partial charge is 0.425 e. The Morgan fingerprint density at radius 1 is 0.980 bits per heavy atom. The first-order valence-corrected chi connectivity index (χ1v) is 17.9. The summed E-state index contributed by atoms with van der Waals surface area (Å²) >= 11 is 0. The molecule has 2 heterocycles. The van der Waals surface area contributed by atoms with Gasteiger partial charge in [-0.25, -0.2) is 32.8 Å². The van der Waals surface area contributed by atoms with Crippen LogP contribution in [0.25, 0.3) is 28.3 Å². The van der Waals surface area contributed by atoms with Crippen LogP contribution in [0.15, 0.2) is 75.9 Å². The normalized spacial score (nSPS) is 14.2. The average molecular weight is 721 g/mol. The minimum atomic E-state index is -3.52. The van der Waals surface area contributed by atoms with E-state index in [1.807, 2.05) is 19.1 Å². The zero-order valence-corrected chi connectivity index (χ0v) is 31.0. The van der Waals surface area contributed by atoms with Crippen LogP contribution in [-0.2, 0) is 19.3 Å². The number of hydrogen-bond donors (Lipinski definition) is 2. The second-order valence-electron chi connectivity index (χ2n) is 13.8. The predicted octanol–water partition coefficient (Wildman–Crippen LogP) is 7.20. The van der Waals surface area contributed by atoms with Gasteiger partial charge in [0.05, 0.1) is 22.0 Å². The number of imide groups is 1. The molecule has 0 saturated heterocycles. The summed E-state index contributed by atoms with van der Waals surface area (Å²) < 4.78 is 42.4. The first-order chi connectivity index (χ1) is 23.8. The van der Waals surface area contributed by atoms with Crippen molar-refractivity contribution < 1.29 is 36.8 Å². The van der Waals surface area contributed by atoms with Crippen molar-refractivity contribution in [2.24, 2.45) is 0 Å². The predicted molar refractivity (Wildman–Crippen MR) is 192 cm³/mol. The molecule has 272 valence electrons. The Morgan fingerprint density at radius 3 is 2.14 bits per heavy atom. The monoisotopic (exact) mass is 720 g/mol. The first-order valence-electron chi connectivity index (χ1n) is 16.4. The van der Waals surface area contributed by atoms with Crippen LogP contribution in [0.4, 0.5) is 20.2 Å². The fourth-order valence-electron chi connectivity index (χ4n) is 4.55. The van der Waals surface area contributed by atoms with E-state index in [1.54, 1.807) is 85.9 Å². The van der Waals surface area contributed by atoms with Gasteiger partial charge < -0.3 is 24.6 Å². The van der Waals surface area contributed by atoms with Crippen LogP contribution >= 0.6 is 0 Å². The van der Waals surface area contributed by atoms with Crippen LogP contribution in [0.1, 0.15) is 74.4 Å². The number of amides is 4. The maximum Gasteiger partial charge on any atom is 0.425 e. The third-order valence-electron chi connectivity index (χ3n) is 7.02. The summed E-state index contributed by atoms with van der Waals surface area (Å²) in [5.74, 6) is -0.169. The summed E-state index contributed by atoms with van der Waals surface area (Å²) in [5.41, 5.74) is 0.802. The van der Waals surface area contributed by atoms with E-state index in [0.29, 0.717) is 40.4 Å². The van der Waals surface area contributed by atoms with E-state index in [0.717, 1.165) is 5.57 Å². The molecule has 14 nitrogen and oxygen atoms in total. The molecule has 0 atom stereocenters. The van der Waals surface area contributed by atoms with Crippen molar-refractivity contribution in [3.05, 3.63) is 72.2 Å². The molecule has 15 heteroatoms. The quantitative estimate of drug-likeness (QED) is 0.240. The number of aromatic nitrogens is 3. The highest BCUT2D eigenvalue weighted by Crippen LogP contribution is 2.35. The van der Waals surface area contributed by atoms with E-state index >= 15 is 0 Å². The molecule has 1 aliphatic rings. The highest BCUT2D eigenvalue weighted by molar-refractivity contribution is 7.92. The first kappa shape index (κ1) is 38.5. The van der Waals surface area contributed by atoms with Gasteiger partial charge in [-0.1, -0.05) is 35.5 Å². The summed E-state index contributed by atoms with van der Waals surface area (Å²) in [5, 5.41) is 8.96. The molecule has 1 aromatic carbocycles. The van der Waals surface area contributed by atoms with E-state index in [1.165, 1.54) is 18.3 Å². The number of benzene rings is 1. The molecule has 3 aromatic rings. The summed E-state index contributed by atoms with van der Waals surface area (Å²) in [6.45, 7) is 15.5. The fraction of sp³-hybridized carbons (Fsp3) is 0.389. The largest absolute Gasteiger partial charge is 0.443 e. The molecular weight excluding hydrogens is 676 g/mol. The van der Waals surface area contributed by atoms with Gasteiger partial charge in [0.2, 0.25) is 0 Å². The molecule has 4 rings (SSSR count). The Morgan fingerprint density at radius 2 is 1.61 bits per heavy atom. The lowest BCUT2D eigenvalue weighted by atomic mass is 10.0. The number of nitrogens with zero attached hydrogens (tertiary/aromatic N) is 4. The minimum absolute atomic E-state index is 0.0334. The van der Waals surface area contributed by atoms with Gasteiger partial charge in [-0.05, 0) is 86.4 Å². The lowest BCUT2D eigenvalue weighted by Crippen LogP contribution is -2.44. The maximum absolute atomic E-state index is 13.6. The summed E-state index contributed by atoms with van der Waals surface area (Å²) in [4.78, 5) is 49.0. The second-order valence-corrected chi connectivity index (χ2v) is 16.3. The van der Waals surface area contributed by atoms with Crippen LogP contribution in [0.5, 0.6) is 0 Å². The molecule has 51 heavy (non-hydrogen) atoms. The number of allylic oxidation sites excluding steroid dienone is 5. The molecule has 0 spiro atoms. The Bertz CT molecular complexity index is 1950. The van der Waals surface area contributed by atoms with Gasteiger partial charge in [-0.2, -0.15) is 4.90 Å². The van der Waals surface area contributed by atoms with Crippen molar-refractivity contribution in [2.45, 2.75) is 90.1 Å². The number of carbonyl (C=O) groups is 3. The molecule has 0 radical (unpaired) electrons. The van der Waals surface area contributed by atoms with E-state index in [-0.39, 0.29) is 28.2 Å². The standard InChI is InChI=1S/C36H44N6O8S/c1-10-37-32(43)39-20-23-11-13-24(14-12-23)27-19-29(50-41-27)30-31(42(33(44)48-35(4,5)6)34(45)49-36(7,8)9)38-21-28(40-30)25-15-17-26(18-16-25)51(46,47)22(2)3/h11,13-22H,10,12H2,1-9H3,(H2,37,39,43). The van der Waals surface area contributed by atoms with Crippen molar-refractivity contribution in [3.8, 4) is 22.7 Å². The summed E-state index contributed by atoms with van der Waals surface area (Å²) in [6, 6.07) is 7.44. The van der Waals surface area contributed by atoms with Gasteiger partial charge in [-0.15, -0.1) is 0 Å². The molecule has 0 bridgehead atoms. The molecule has 4 amide bonds. The van der Waals surface area contributed by atoms with E-state index in [2.05, 4.69) is 20.8 Å². The van der Waals surface area contributed by atoms with Crippen molar-refractivity contribution in [3.63, 3.8) is 0 Å². The van der Waals surface area contributed by atoms with Gasteiger partial charge in [0, 0.05) is 29.9 Å². The van der Waals surface area contributed by atoms with Crippen LogP contribution < -0.4 is 15.5 Å². The number of rotatable bonds is 8. The van der Waals surface area contributed by atoms with E-state index in [4.69, 9.17) is 19.0 Å². The minimum Gasteiger partial charge on any atom is -0.443 e. The Labute approximate surface area is 297 Å². The molecule has 1 aliphatic carbocycles. The summed E-state index contributed by atoms with van der Waals surface area (Å²) in [6.07, 6.45) is 6.88. The Balaban J connectivity index is 1.81. The number of nitrogens with one attached hydrogen (secondary N) is 2. The zero-order valence-electron chi connectivity index (χ0n) is 30.2. The van der Waals surface area contributed by atoms with Gasteiger partial charge in [-0.3, -0.25) is 0 Å². The molecule has 2 N–H and O–H groups in total. The molecular formula is C36H44N6O8S. The number of anilines is 1. The highest BCUT2D eigenvalue weighted by atomic mass is 32.2. The molecule has 0 fully saturated rings. The van der Waals surface area contributed by atoms with Crippen molar-refractivity contribution in [1.29, 1.82) is 0 Å². The molecule has 2 aromatic heterocycles. The molecule has 0 saturated carbocycles. The van der Waals surface area contributed by atoms with Crippen molar-refractivity contribution in [2.75, 3.05) is 11.4 Å². The van der Waals surface area contributed by atoms with Crippen LogP contribution in [0.3, 0.4) is 0 Å². The number of sulfone groups is 1. The van der Waals surface area contributed by atoms with Crippen molar-refractivity contribution in [1.82, 2.24) is 25.8 Å². The molecule has 0 aliphatic heterocycles. The number of urea groups is 1. The van der Waals surface area contributed by atoms with E-state index < -0.39 is 38.5 Å². The molecule has 0 unspecified atom stereocenters. The second kappa shape index (κ2) is 15.3. The maximum atomic E-state index is 13.6. The van der Waals surface area contributed by atoms with E-state index in [9.17, 15) is 22.8 Å². The van der Waals surface area contributed by atoms with Crippen LogP contribution in [0.2, 0.25) is 0 Å².